The molecular weight excluding hydrogens is 406 g/mol. The Morgan fingerprint density at radius 1 is 1.00 bits per heavy atom. The highest BCUT2D eigenvalue weighted by Gasteiger charge is 2.29. The van der Waals surface area contributed by atoms with Crippen LogP contribution in [0.4, 0.5) is 5.13 Å². The SMILES string of the molecule is Cc1ccc(C)n1-c1nnc(N2CCC(C(=O)N[C@@H]3CCCc4ccccc43)CC2)s1. The van der Waals surface area contributed by atoms with Gasteiger partial charge in [-0.15, -0.1) is 10.2 Å². The van der Waals surface area contributed by atoms with E-state index in [0.29, 0.717) is 0 Å². The van der Waals surface area contributed by atoms with Crippen LogP contribution in [-0.4, -0.2) is 33.8 Å². The maximum atomic E-state index is 13.0. The highest BCUT2D eigenvalue weighted by atomic mass is 32.1. The van der Waals surface area contributed by atoms with Crippen LogP contribution in [0.3, 0.4) is 0 Å². The third-order valence-corrected chi connectivity index (χ3v) is 7.66. The molecule has 1 fully saturated rings. The average Bonchev–Trinajstić information content (AvgIpc) is 3.40. The first-order valence-corrected chi connectivity index (χ1v) is 12.0. The van der Waals surface area contributed by atoms with Crippen molar-refractivity contribution in [3.05, 3.63) is 58.9 Å². The van der Waals surface area contributed by atoms with E-state index in [1.165, 1.54) is 22.5 Å². The van der Waals surface area contributed by atoms with Crippen molar-refractivity contribution in [3.8, 4) is 5.13 Å². The zero-order valence-electron chi connectivity index (χ0n) is 18.2. The van der Waals surface area contributed by atoms with Crippen LogP contribution in [0.25, 0.3) is 5.13 Å². The number of hydrogen-bond donors (Lipinski definition) is 1. The van der Waals surface area contributed by atoms with Crippen LogP contribution in [0.5, 0.6) is 0 Å². The Morgan fingerprint density at radius 3 is 2.48 bits per heavy atom. The largest absolute Gasteiger partial charge is 0.349 e. The van der Waals surface area contributed by atoms with Gasteiger partial charge in [0.05, 0.1) is 6.04 Å². The molecule has 3 heterocycles. The van der Waals surface area contributed by atoms with E-state index >= 15 is 0 Å². The number of nitrogens with one attached hydrogen (secondary N) is 1. The first-order chi connectivity index (χ1) is 15.1. The van der Waals surface area contributed by atoms with Gasteiger partial charge in [0.25, 0.3) is 0 Å². The topological polar surface area (TPSA) is 63.1 Å². The lowest BCUT2D eigenvalue weighted by Gasteiger charge is -2.33. The molecule has 1 atom stereocenters. The Balaban J connectivity index is 1.20. The van der Waals surface area contributed by atoms with Crippen LogP contribution in [-0.2, 0) is 11.2 Å². The van der Waals surface area contributed by atoms with E-state index in [2.05, 4.69) is 75.2 Å². The minimum atomic E-state index is 0.0756. The van der Waals surface area contributed by atoms with Gasteiger partial charge in [-0.1, -0.05) is 35.6 Å². The Bertz CT molecular complexity index is 1060. The molecule has 0 bridgehead atoms. The standard InChI is InChI=1S/C24H29N5OS/c1-16-10-11-17(2)29(16)24-27-26-23(31-24)28-14-12-19(13-15-28)22(30)25-21-9-5-7-18-6-3-4-8-20(18)21/h3-4,6,8,10-11,19,21H,5,7,9,12-15H2,1-2H3,(H,25,30)/t21-/m1/s1. The zero-order chi connectivity index (χ0) is 21.4. The van der Waals surface area contributed by atoms with E-state index in [0.717, 1.165) is 55.5 Å². The molecule has 0 unspecified atom stereocenters. The minimum absolute atomic E-state index is 0.0756. The molecule has 1 aliphatic heterocycles. The smallest absolute Gasteiger partial charge is 0.223 e. The van der Waals surface area contributed by atoms with Crippen molar-refractivity contribution in [3.63, 3.8) is 0 Å². The highest BCUT2D eigenvalue weighted by Crippen LogP contribution is 2.32. The molecule has 0 spiro atoms. The lowest BCUT2D eigenvalue weighted by atomic mass is 9.87. The second-order valence-electron chi connectivity index (χ2n) is 8.73. The summed E-state index contributed by atoms with van der Waals surface area (Å²) >= 11 is 1.62. The van der Waals surface area contributed by atoms with Crippen molar-refractivity contribution in [2.45, 2.75) is 52.0 Å². The van der Waals surface area contributed by atoms with Gasteiger partial charge in [-0.25, -0.2) is 0 Å². The molecular formula is C24H29N5OS. The number of carbonyl (C=O) groups is 1. The zero-order valence-corrected chi connectivity index (χ0v) is 19.0. The first-order valence-electron chi connectivity index (χ1n) is 11.2. The number of amides is 1. The van der Waals surface area contributed by atoms with Crippen LogP contribution in [0, 0.1) is 19.8 Å². The van der Waals surface area contributed by atoms with Crippen molar-refractivity contribution in [1.29, 1.82) is 0 Å². The Labute approximate surface area is 187 Å². The molecule has 1 amide bonds. The number of aromatic nitrogens is 3. The van der Waals surface area contributed by atoms with Crippen LogP contribution in [0.2, 0.25) is 0 Å². The molecule has 0 radical (unpaired) electrons. The number of aryl methyl sites for hydroxylation is 3. The van der Waals surface area contributed by atoms with Gasteiger partial charge in [-0.3, -0.25) is 9.36 Å². The predicted octanol–water partition coefficient (Wildman–Crippen LogP) is 4.36. The Kier molecular flexibility index (Phi) is 5.52. The molecule has 7 heteroatoms. The van der Waals surface area contributed by atoms with Crippen molar-refractivity contribution in [2.75, 3.05) is 18.0 Å². The molecule has 2 aliphatic rings. The molecule has 1 N–H and O–H groups in total. The van der Waals surface area contributed by atoms with E-state index in [9.17, 15) is 4.79 Å². The molecule has 2 aromatic heterocycles. The van der Waals surface area contributed by atoms with Gasteiger partial charge in [0.2, 0.25) is 16.2 Å². The van der Waals surface area contributed by atoms with Crippen LogP contribution in [0.15, 0.2) is 36.4 Å². The Hall–Kier alpha value is -2.67. The lowest BCUT2D eigenvalue weighted by Crippen LogP contribution is -2.42. The number of anilines is 1. The third kappa shape index (κ3) is 3.99. The molecule has 162 valence electrons. The number of hydrogen-bond acceptors (Lipinski definition) is 5. The number of piperidine rings is 1. The Morgan fingerprint density at radius 2 is 1.71 bits per heavy atom. The summed E-state index contributed by atoms with van der Waals surface area (Å²) in [5.41, 5.74) is 5.02. The van der Waals surface area contributed by atoms with Gasteiger partial charge in [0, 0.05) is 30.4 Å². The third-order valence-electron chi connectivity index (χ3n) is 6.69. The molecule has 31 heavy (non-hydrogen) atoms. The first kappa shape index (κ1) is 20.2. The summed E-state index contributed by atoms with van der Waals surface area (Å²) in [7, 11) is 0. The van der Waals surface area contributed by atoms with Crippen LogP contribution in [0.1, 0.15) is 54.2 Å². The fourth-order valence-corrected chi connectivity index (χ4v) is 5.94. The van der Waals surface area contributed by atoms with Crippen molar-refractivity contribution >= 4 is 22.4 Å². The number of rotatable bonds is 4. The normalized spacial score (nSPS) is 19.3. The van der Waals surface area contributed by atoms with E-state index in [1.54, 1.807) is 11.3 Å². The minimum Gasteiger partial charge on any atom is -0.349 e. The fourth-order valence-electron chi connectivity index (χ4n) is 4.92. The van der Waals surface area contributed by atoms with Gasteiger partial charge in [-0.05, 0) is 69.2 Å². The molecule has 1 saturated heterocycles. The molecule has 5 rings (SSSR count). The van der Waals surface area contributed by atoms with Gasteiger partial charge < -0.3 is 10.2 Å². The summed E-state index contributed by atoms with van der Waals surface area (Å²) in [5, 5.41) is 14.1. The number of fused-ring (bicyclic) bond motifs is 1. The summed E-state index contributed by atoms with van der Waals surface area (Å²) in [6, 6.07) is 12.9. The van der Waals surface area contributed by atoms with Gasteiger partial charge in [0.15, 0.2) is 0 Å². The number of carbonyl (C=O) groups excluding carboxylic acids is 1. The number of nitrogens with zero attached hydrogens (tertiary/aromatic N) is 4. The van der Waals surface area contributed by atoms with E-state index < -0.39 is 0 Å². The summed E-state index contributed by atoms with van der Waals surface area (Å²) in [6.07, 6.45) is 5.01. The van der Waals surface area contributed by atoms with Gasteiger partial charge >= 0.3 is 0 Å². The lowest BCUT2D eigenvalue weighted by molar-refractivity contribution is -0.126. The molecule has 0 saturated carbocycles. The molecule has 1 aromatic carbocycles. The maximum Gasteiger partial charge on any atom is 0.223 e. The van der Waals surface area contributed by atoms with E-state index in [1.807, 2.05) is 0 Å². The van der Waals surface area contributed by atoms with Gasteiger partial charge in [0.1, 0.15) is 0 Å². The molecule has 1 aliphatic carbocycles. The monoisotopic (exact) mass is 435 g/mol. The quantitative estimate of drug-likeness (QED) is 0.662. The van der Waals surface area contributed by atoms with E-state index in [4.69, 9.17) is 0 Å². The van der Waals surface area contributed by atoms with Crippen molar-refractivity contribution in [1.82, 2.24) is 20.1 Å². The summed E-state index contributed by atoms with van der Waals surface area (Å²) in [6.45, 7) is 5.86. The highest BCUT2D eigenvalue weighted by molar-refractivity contribution is 7.17. The van der Waals surface area contributed by atoms with Gasteiger partial charge in [-0.2, -0.15) is 0 Å². The number of benzene rings is 1. The summed E-state index contributed by atoms with van der Waals surface area (Å²) < 4.78 is 2.14. The maximum absolute atomic E-state index is 13.0. The van der Waals surface area contributed by atoms with Crippen LogP contribution < -0.4 is 10.2 Å². The fraction of sp³-hybridized carbons (Fsp3) is 0.458. The summed E-state index contributed by atoms with van der Waals surface area (Å²) in [4.78, 5) is 15.3. The van der Waals surface area contributed by atoms with E-state index in [-0.39, 0.29) is 17.9 Å². The summed E-state index contributed by atoms with van der Waals surface area (Å²) in [5.74, 6) is 0.282. The second kappa shape index (κ2) is 8.46. The molecule has 3 aromatic rings. The molecule has 6 nitrogen and oxygen atoms in total. The van der Waals surface area contributed by atoms with Crippen LogP contribution >= 0.6 is 11.3 Å². The van der Waals surface area contributed by atoms with Crippen molar-refractivity contribution in [2.24, 2.45) is 5.92 Å². The van der Waals surface area contributed by atoms with Crippen molar-refractivity contribution < 1.29 is 4.79 Å². The second-order valence-corrected chi connectivity index (χ2v) is 9.67. The predicted molar refractivity (Wildman–Crippen MR) is 124 cm³/mol. The average molecular weight is 436 g/mol.